The van der Waals surface area contributed by atoms with Crippen LogP contribution in [0.5, 0.6) is 0 Å². The average Bonchev–Trinajstić information content (AvgIpc) is 3.61. The van der Waals surface area contributed by atoms with Crippen molar-refractivity contribution >= 4 is 27.8 Å². The van der Waals surface area contributed by atoms with Gasteiger partial charge in [0.15, 0.2) is 0 Å². The van der Waals surface area contributed by atoms with Gasteiger partial charge in [-0.2, -0.15) is 0 Å². The molecule has 1 aliphatic carbocycles. The minimum atomic E-state index is -0.249. The monoisotopic (exact) mass is 777 g/mol. The first-order valence-corrected chi connectivity index (χ1v) is 21.2. The highest BCUT2D eigenvalue weighted by atomic mass is 15.1. The molecule has 0 bridgehead atoms. The van der Waals surface area contributed by atoms with E-state index in [0.717, 1.165) is 17.1 Å². The van der Waals surface area contributed by atoms with E-state index in [2.05, 4.69) is 254 Å². The molecule has 1 nitrogen and oxygen atoms in total. The Kier molecular flexibility index (Phi) is 9.02. The number of hydrogen-bond acceptors (Lipinski definition) is 1. The first kappa shape index (κ1) is 36.3. The van der Waals surface area contributed by atoms with Crippen LogP contribution < -0.4 is 4.90 Å². The lowest BCUT2D eigenvalue weighted by molar-refractivity contribution is 0.714. The summed E-state index contributed by atoms with van der Waals surface area (Å²) in [5.41, 5.74) is 19.3. The van der Waals surface area contributed by atoms with E-state index >= 15 is 0 Å². The zero-order valence-electron chi connectivity index (χ0n) is 34.0. The SMILES string of the molecule is CC1(c2ccccc2)c2ccccc2-c2c(-c3ccc(N(c4ccc(-c5cccc6ccccc56)cc4)c4ccccc4-c4ccc(-c5ccccc5)cc4)cc3)cccc21. The highest BCUT2D eigenvalue weighted by Crippen LogP contribution is 2.55. The molecule has 61 heavy (non-hydrogen) atoms. The van der Waals surface area contributed by atoms with Crippen molar-refractivity contribution in [3.63, 3.8) is 0 Å². The Morgan fingerprint density at radius 2 is 0.770 bits per heavy atom. The zero-order valence-corrected chi connectivity index (χ0v) is 34.0. The zero-order chi connectivity index (χ0) is 40.8. The number of hydrogen-bond donors (Lipinski definition) is 0. The van der Waals surface area contributed by atoms with Crippen molar-refractivity contribution in [2.45, 2.75) is 12.3 Å². The van der Waals surface area contributed by atoms with Crippen molar-refractivity contribution in [3.8, 4) is 55.6 Å². The summed E-state index contributed by atoms with van der Waals surface area (Å²) in [6.07, 6.45) is 0. The van der Waals surface area contributed by atoms with E-state index in [4.69, 9.17) is 0 Å². The number of nitrogens with zero attached hydrogens (tertiary/aromatic N) is 1. The molecule has 288 valence electrons. The summed E-state index contributed by atoms with van der Waals surface area (Å²) in [6.45, 7) is 2.38. The summed E-state index contributed by atoms with van der Waals surface area (Å²) in [7, 11) is 0. The third-order valence-corrected chi connectivity index (χ3v) is 12.8. The molecular weight excluding hydrogens is 735 g/mol. The predicted molar refractivity (Wildman–Crippen MR) is 258 cm³/mol. The predicted octanol–water partition coefficient (Wildman–Crippen LogP) is 16.3. The van der Waals surface area contributed by atoms with Gasteiger partial charge in [-0.3, -0.25) is 0 Å². The molecule has 10 aromatic rings. The van der Waals surface area contributed by atoms with Crippen LogP contribution in [-0.4, -0.2) is 0 Å². The van der Waals surface area contributed by atoms with Crippen LogP contribution in [0.25, 0.3) is 66.4 Å². The van der Waals surface area contributed by atoms with Crippen LogP contribution in [0.4, 0.5) is 17.1 Å². The highest BCUT2D eigenvalue weighted by molar-refractivity contribution is 5.98. The van der Waals surface area contributed by atoms with Gasteiger partial charge in [0.2, 0.25) is 0 Å². The lowest BCUT2D eigenvalue weighted by Crippen LogP contribution is -2.22. The van der Waals surface area contributed by atoms with Gasteiger partial charge in [-0.1, -0.05) is 212 Å². The molecule has 0 aliphatic heterocycles. The van der Waals surface area contributed by atoms with E-state index in [9.17, 15) is 0 Å². The fraction of sp³-hybridized carbons (Fsp3) is 0.0333. The molecule has 1 heteroatoms. The summed E-state index contributed by atoms with van der Waals surface area (Å²) in [6, 6.07) is 88.6. The van der Waals surface area contributed by atoms with Gasteiger partial charge >= 0.3 is 0 Å². The number of fused-ring (bicyclic) bond motifs is 4. The van der Waals surface area contributed by atoms with Crippen molar-refractivity contribution in [3.05, 3.63) is 259 Å². The summed E-state index contributed by atoms with van der Waals surface area (Å²) in [4.78, 5) is 2.41. The fourth-order valence-corrected chi connectivity index (χ4v) is 9.73. The second kappa shape index (κ2) is 15.1. The van der Waals surface area contributed by atoms with Gasteiger partial charge in [0.05, 0.1) is 5.69 Å². The molecule has 0 saturated heterocycles. The van der Waals surface area contributed by atoms with Crippen LogP contribution in [0, 0.1) is 0 Å². The Hall–Kier alpha value is -7.74. The van der Waals surface area contributed by atoms with Crippen molar-refractivity contribution in [2.24, 2.45) is 0 Å². The maximum Gasteiger partial charge on any atom is 0.0540 e. The van der Waals surface area contributed by atoms with Crippen molar-refractivity contribution in [1.29, 1.82) is 0 Å². The lowest BCUT2D eigenvalue weighted by atomic mass is 9.74. The maximum absolute atomic E-state index is 2.41. The Balaban J connectivity index is 1.03. The first-order chi connectivity index (χ1) is 30.1. The summed E-state index contributed by atoms with van der Waals surface area (Å²) >= 11 is 0. The van der Waals surface area contributed by atoms with Crippen LogP contribution in [0.15, 0.2) is 243 Å². The summed E-state index contributed by atoms with van der Waals surface area (Å²) in [5, 5.41) is 2.50. The number of benzene rings is 10. The quantitative estimate of drug-likeness (QED) is 0.149. The van der Waals surface area contributed by atoms with E-state index in [1.807, 2.05) is 0 Å². The van der Waals surface area contributed by atoms with Crippen LogP contribution in [0.2, 0.25) is 0 Å². The fourth-order valence-electron chi connectivity index (χ4n) is 9.73. The topological polar surface area (TPSA) is 3.24 Å². The molecular formula is C60H43N. The Bertz CT molecular complexity index is 3160. The average molecular weight is 778 g/mol. The smallest absolute Gasteiger partial charge is 0.0540 e. The number of anilines is 3. The standard InChI is InChI=1S/C60H43N/c1-60(48-20-6-3-7-21-48)56-27-12-10-24-55(56)59-54(26-15-28-57(59)60)47-36-40-50(41-37-47)61(49-38-34-45(35-39-49)52-25-14-19-44-18-8-9-22-51(44)52)58-29-13-11-23-53(58)46-32-30-43(31-33-46)42-16-4-2-5-17-42/h2-41H,1H3. The Labute approximate surface area is 358 Å². The number of para-hydroxylation sites is 1. The normalized spacial score (nSPS) is 14.0. The molecule has 1 unspecified atom stereocenters. The molecule has 0 amide bonds. The highest BCUT2D eigenvalue weighted by Gasteiger charge is 2.41. The van der Waals surface area contributed by atoms with Crippen LogP contribution in [0.1, 0.15) is 23.6 Å². The molecule has 10 aromatic carbocycles. The van der Waals surface area contributed by atoms with E-state index in [-0.39, 0.29) is 5.41 Å². The second-order valence-corrected chi connectivity index (χ2v) is 16.2. The molecule has 11 rings (SSSR count). The summed E-state index contributed by atoms with van der Waals surface area (Å²) < 4.78 is 0. The molecule has 0 N–H and O–H groups in total. The van der Waals surface area contributed by atoms with Gasteiger partial charge in [0.25, 0.3) is 0 Å². The maximum atomic E-state index is 2.41. The van der Waals surface area contributed by atoms with E-state index in [1.54, 1.807) is 0 Å². The molecule has 0 heterocycles. The molecule has 0 spiro atoms. The van der Waals surface area contributed by atoms with Crippen molar-refractivity contribution in [1.82, 2.24) is 0 Å². The van der Waals surface area contributed by atoms with E-state index in [0.29, 0.717) is 0 Å². The van der Waals surface area contributed by atoms with Crippen LogP contribution in [-0.2, 0) is 5.41 Å². The number of rotatable bonds is 8. The Morgan fingerprint density at radius 1 is 0.311 bits per heavy atom. The van der Waals surface area contributed by atoms with Gasteiger partial charge in [-0.25, -0.2) is 0 Å². The minimum Gasteiger partial charge on any atom is -0.310 e. The Morgan fingerprint density at radius 3 is 1.51 bits per heavy atom. The first-order valence-electron chi connectivity index (χ1n) is 21.2. The third-order valence-electron chi connectivity index (χ3n) is 12.8. The molecule has 0 aromatic heterocycles. The van der Waals surface area contributed by atoms with Gasteiger partial charge in [0.1, 0.15) is 0 Å². The van der Waals surface area contributed by atoms with Crippen molar-refractivity contribution in [2.75, 3.05) is 4.90 Å². The molecule has 0 saturated carbocycles. The second-order valence-electron chi connectivity index (χ2n) is 16.2. The third kappa shape index (κ3) is 6.26. The molecule has 1 atom stereocenters. The van der Waals surface area contributed by atoms with E-state index in [1.165, 1.54) is 83.1 Å². The molecule has 1 aliphatic rings. The van der Waals surface area contributed by atoms with Crippen LogP contribution in [0.3, 0.4) is 0 Å². The molecule has 0 fully saturated rings. The van der Waals surface area contributed by atoms with Crippen molar-refractivity contribution < 1.29 is 0 Å². The van der Waals surface area contributed by atoms with Crippen LogP contribution >= 0.6 is 0 Å². The molecule has 0 radical (unpaired) electrons. The summed E-state index contributed by atoms with van der Waals surface area (Å²) in [5.74, 6) is 0. The van der Waals surface area contributed by atoms with Gasteiger partial charge in [-0.05, 0) is 115 Å². The lowest BCUT2D eigenvalue weighted by Gasteiger charge is -2.29. The van der Waals surface area contributed by atoms with Gasteiger partial charge in [-0.15, -0.1) is 0 Å². The largest absolute Gasteiger partial charge is 0.310 e. The van der Waals surface area contributed by atoms with Gasteiger partial charge < -0.3 is 4.90 Å². The minimum absolute atomic E-state index is 0.249. The van der Waals surface area contributed by atoms with E-state index < -0.39 is 0 Å². The van der Waals surface area contributed by atoms with Gasteiger partial charge in [0, 0.05) is 22.4 Å².